The van der Waals surface area contributed by atoms with Gasteiger partial charge in [0.05, 0.1) is 12.2 Å². The Morgan fingerprint density at radius 2 is 1.61 bits per heavy atom. The SMILES string of the molecule is CCOC(=O)c1ccc(/C=C(\C)c2cc3c(cc2CCC(C)C)C(C)(C)C(C)C3(C)C)cc1. The number of hydrogen-bond donors (Lipinski definition) is 0. The van der Waals surface area contributed by atoms with Crippen LogP contribution < -0.4 is 0 Å². The van der Waals surface area contributed by atoms with Gasteiger partial charge in [-0.05, 0) is 94.9 Å². The maximum Gasteiger partial charge on any atom is 0.338 e. The molecule has 1 atom stereocenters. The van der Waals surface area contributed by atoms with E-state index < -0.39 is 0 Å². The molecule has 3 rings (SSSR count). The van der Waals surface area contributed by atoms with Crippen LogP contribution in [-0.2, 0) is 22.0 Å². The summed E-state index contributed by atoms with van der Waals surface area (Å²) in [4.78, 5) is 12.0. The van der Waals surface area contributed by atoms with Gasteiger partial charge in [-0.15, -0.1) is 0 Å². The van der Waals surface area contributed by atoms with E-state index in [1.54, 1.807) is 0 Å². The zero-order valence-electron chi connectivity index (χ0n) is 22.1. The molecule has 2 nitrogen and oxygen atoms in total. The van der Waals surface area contributed by atoms with E-state index >= 15 is 0 Å². The lowest BCUT2D eigenvalue weighted by Gasteiger charge is -2.32. The van der Waals surface area contributed by atoms with Crippen molar-refractivity contribution >= 4 is 17.6 Å². The molecular weight excluding hydrogens is 404 g/mol. The zero-order valence-corrected chi connectivity index (χ0v) is 22.1. The first-order valence-corrected chi connectivity index (χ1v) is 12.5. The first-order valence-electron chi connectivity index (χ1n) is 12.5. The van der Waals surface area contributed by atoms with E-state index in [4.69, 9.17) is 4.74 Å². The number of hydrogen-bond acceptors (Lipinski definition) is 2. The van der Waals surface area contributed by atoms with E-state index in [0.29, 0.717) is 24.0 Å². The summed E-state index contributed by atoms with van der Waals surface area (Å²) >= 11 is 0. The molecule has 0 N–H and O–H groups in total. The van der Waals surface area contributed by atoms with Crippen LogP contribution in [0.5, 0.6) is 0 Å². The number of aryl methyl sites for hydroxylation is 1. The molecule has 0 saturated carbocycles. The third kappa shape index (κ3) is 4.95. The minimum Gasteiger partial charge on any atom is -0.462 e. The van der Waals surface area contributed by atoms with Gasteiger partial charge in [0.25, 0.3) is 0 Å². The van der Waals surface area contributed by atoms with Crippen molar-refractivity contribution in [1.29, 1.82) is 0 Å². The fourth-order valence-corrected chi connectivity index (χ4v) is 5.36. The number of carbonyl (C=O) groups excluding carboxylic acids is 1. The van der Waals surface area contributed by atoms with Gasteiger partial charge in [0, 0.05) is 0 Å². The molecule has 0 bridgehead atoms. The van der Waals surface area contributed by atoms with Gasteiger partial charge >= 0.3 is 5.97 Å². The Balaban J connectivity index is 2.05. The molecule has 178 valence electrons. The summed E-state index contributed by atoms with van der Waals surface area (Å²) in [6.45, 7) is 21.1. The van der Waals surface area contributed by atoms with Crippen molar-refractivity contribution in [2.75, 3.05) is 6.61 Å². The Morgan fingerprint density at radius 3 is 2.15 bits per heavy atom. The second-order valence-electron chi connectivity index (χ2n) is 11.3. The van der Waals surface area contributed by atoms with Crippen LogP contribution in [0.4, 0.5) is 0 Å². The lowest BCUT2D eigenvalue weighted by Crippen LogP contribution is -2.30. The van der Waals surface area contributed by atoms with Crippen LogP contribution in [0.2, 0.25) is 0 Å². The molecule has 0 aliphatic heterocycles. The third-order valence-electron chi connectivity index (χ3n) is 8.02. The van der Waals surface area contributed by atoms with Crippen molar-refractivity contribution in [3.8, 4) is 0 Å². The number of allylic oxidation sites excluding steroid dienone is 1. The highest BCUT2D eigenvalue weighted by Gasteiger charge is 2.48. The lowest BCUT2D eigenvalue weighted by atomic mass is 9.71. The maximum atomic E-state index is 12.0. The highest BCUT2D eigenvalue weighted by atomic mass is 16.5. The molecule has 0 heterocycles. The van der Waals surface area contributed by atoms with E-state index in [0.717, 1.165) is 12.0 Å². The first-order chi connectivity index (χ1) is 15.4. The quantitative estimate of drug-likeness (QED) is 0.316. The lowest BCUT2D eigenvalue weighted by molar-refractivity contribution is 0.0526. The molecule has 1 unspecified atom stereocenters. The van der Waals surface area contributed by atoms with Crippen molar-refractivity contribution in [1.82, 2.24) is 0 Å². The average molecular weight is 447 g/mol. The summed E-state index contributed by atoms with van der Waals surface area (Å²) in [6.07, 6.45) is 4.52. The number of fused-ring (bicyclic) bond motifs is 1. The molecule has 1 aliphatic carbocycles. The van der Waals surface area contributed by atoms with Crippen molar-refractivity contribution in [3.05, 3.63) is 69.8 Å². The molecular formula is C31H42O2. The Labute approximate surface area is 201 Å². The number of ether oxygens (including phenoxy) is 1. The van der Waals surface area contributed by atoms with Crippen LogP contribution in [0.15, 0.2) is 36.4 Å². The molecule has 0 fully saturated rings. The van der Waals surface area contributed by atoms with Crippen LogP contribution >= 0.6 is 0 Å². The van der Waals surface area contributed by atoms with Gasteiger partial charge in [-0.3, -0.25) is 0 Å². The number of carbonyl (C=O) groups is 1. The molecule has 0 amide bonds. The standard InChI is InChI=1S/C31H42O2/c1-10-33-29(32)24-15-12-23(13-16-24)17-21(4)26-19-28-27(18-25(26)14-11-20(2)3)30(6,7)22(5)31(28,8)9/h12-13,15-20,22H,10-11,14H2,1-9H3/b21-17+. The van der Waals surface area contributed by atoms with E-state index in [2.05, 4.69) is 73.6 Å². The topological polar surface area (TPSA) is 26.3 Å². The number of benzene rings is 2. The Bertz CT molecular complexity index is 1040. The zero-order chi connectivity index (χ0) is 24.6. The van der Waals surface area contributed by atoms with Gasteiger partial charge < -0.3 is 4.74 Å². The van der Waals surface area contributed by atoms with Crippen LogP contribution in [0, 0.1) is 11.8 Å². The summed E-state index contributed by atoms with van der Waals surface area (Å²) in [5.41, 5.74) is 9.12. The van der Waals surface area contributed by atoms with Gasteiger partial charge in [-0.25, -0.2) is 4.79 Å². The third-order valence-corrected chi connectivity index (χ3v) is 8.02. The Hall–Kier alpha value is -2.35. The van der Waals surface area contributed by atoms with Gasteiger partial charge in [-0.2, -0.15) is 0 Å². The summed E-state index contributed by atoms with van der Waals surface area (Å²) < 4.78 is 5.11. The monoisotopic (exact) mass is 446 g/mol. The minimum absolute atomic E-state index is 0.145. The summed E-state index contributed by atoms with van der Waals surface area (Å²) in [6, 6.07) is 12.7. The van der Waals surface area contributed by atoms with E-state index in [-0.39, 0.29) is 16.8 Å². The number of esters is 1. The molecule has 2 heteroatoms. The fourth-order valence-electron chi connectivity index (χ4n) is 5.36. The minimum atomic E-state index is -0.265. The van der Waals surface area contributed by atoms with Crippen LogP contribution in [0.25, 0.3) is 11.6 Å². The fraction of sp³-hybridized carbons (Fsp3) is 0.516. The van der Waals surface area contributed by atoms with E-state index in [1.807, 2.05) is 31.2 Å². The van der Waals surface area contributed by atoms with Gasteiger partial charge in [-0.1, -0.05) is 78.8 Å². The van der Waals surface area contributed by atoms with E-state index in [9.17, 15) is 4.79 Å². The van der Waals surface area contributed by atoms with Gasteiger partial charge in [0.1, 0.15) is 0 Å². The molecule has 0 spiro atoms. The second-order valence-corrected chi connectivity index (χ2v) is 11.3. The molecule has 2 aromatic carbocycles. The van der Waals surface area contributed by atoms with Crippen LogP contribution in [0.3, 0.4) is 0 Å². The Morgan fingerprint density at radius 1 is 1.03 bits per heavy atom. The molecule has 0 saturated heterocycles. The summed E-state index contributed by atoms with van der Waals surface area (Å²) in [7, 11) is 0. The molecule has 33 heavy (non-hydrogen) atoms. The Kier molecular flexibility index (Phi) is 7.27. The van der Waals surface area contributed by atoms with Crippen LogP contribution in [-0.4, -0.2) is 12.6 Å². The van der Waals surface area contributed by atoms with Crippen molar-refractivity contribution in [2.24, 2.45) is 11.8 Å². The second kappa shape index (κ2) is 9.49. The predicted octanol–water partition coefficient (Wildman–Crippen LogP) is 8.22. The normalized spacial score (nSPS) is 19.0. The van der Waals surface area contributed by atoms with Gasteiger partial charge in [0.2, 0.25) is 0 Å². The maximum absolute atomic E-state index is 12.0. The molecule has 0 aromatic heterocycles. The average Bonchev–Trinajstić information content (AvgIpc) is 2.89. The van der Waals surface area contributed by atoms with Crippen molar-refractivity contribution < 1.29 is 9.53 Å². The smallest absolute Gasteiger partial charge is 0.338 e. The van der Waals surface area contributed by atoms with Crippen LogP contribution in [0.1, 0.15) is 107 Å². The largest absolute Gasteiger partial charge is 0.462 e. The molecule has 1 aliphatic rings. The highest BCUT2D eigenvalue weighted by molar-refractivity contribution is 5.90. The van der Waals surface area contributed by atoms with Crippen molar-refractivity contribution in [3.63, 3.8) is 0 Å². The van der Waals surface area contributed by atoms with Gasteiger partial charge in [0.15, 0.2) is 0 Å². The first kappa shape index (κ1) is 25.3. The molecule has 2 aromatic rings. The number of rotatable bonds is 7. The summed E-state index contributed by atoms with van der Waals surface area (Å²) in [5, 5.41) is 0. The van der Waals surface area contributed by atoms with E-state index in [1.165, 1.54) is 34.2 Å². The predicted molar refractivity (Wildman–Crippen MR) is 141 cm³/mol. The van der Waals surface area contributed by atoms with Crippen molar-refractivity contribution in [2.45, 2.75) is 86.0 Å². The highest BCUT2D eigenvalue weighted by Crippen LogP contribution is 2.54. The molecule has 0 radical (unpaired) electrons. The summed E-state index contributed by atoms with van der Waals surface area (Å²) in [5.74, 6) is 0.986.